The number of methoxy groups -OCH3 is 1. The van der Waals surface area contributed by atoms with Crippen molar-refractivity contribution in [2.75, 3.05) is 47.4 Å². The monoisotopic (exact) mass is 374 g/mol. The number of nitrogens with zero attached hydrogens (tertiary/aromatic N) is 3. The summed E-state index contributed by atoms with van der Waals surface area (Å²) >= 11 is 0. The molecule has 1 aromatic carbocycles. The lowest BCUT2D eigenvalue weighted by Crippen LogP contribution is -2.45. The molecule has 0 aromatic heterocycles. The van der Waals surface area contributed by atoms with Gasteiger partial charge in [0, 0.05) is 40.8 Å². The summed E-state index contributed by atoms with van der Waals surface area (Å²) in [7, 11) is 5.18. The lowest BCUT2D eigenvalue weighted by Gasteiger charge is -2.33. The van der Waals surface area contributed by atoms with E-state index < -0.39 is 0 Å². The van der Waals surface area contributed by atoms with E-state index in [1.165, 1.54) is 16.7 Å². The highest BCUT2D eigenvalue weighted by molar-refractivity contribution is 5.85. The van der Waals surface area contributed by atoms with Crippen LogP contribution in [0.5, 0.6) is 0 Å². The average molecular weight is 375 g/mol. The molecule has 0 bridgehead atoms. The van der Waals surface area contributed by atoms with E-state index in [9.17, 15) is 4.79 Å². The van der Waals surface area contributed by atoms with Crippen molar-refractivity contribution in [2.24, 2.45) is 4.99 Å². The molecule has 27 heavy (non-hydrogen) atoms. The van der Waals surface area contributed by atoms with Gasteiger partial charge in [-0.2, -0.15) is 0 Å². The van der Waals surface area contributed by atoms with Crippen molar-refractivity contribution in [1.82, 2.24) is 15.1 Å². The van der Waals surface area contributed by atoms with E-state index in [1.54, 1.807) is 26.1 Å². The third-order valence-corrected chi connectivity index (χ3v) is 4.84. The standard InChI is InChI=1S/C21H34N4O2/c1-21(2,3)18-8-7-16-9-11-25(15-17(16)13-18)20(22-10-12-27-6)23-14-19(26)24(4)5/h7-8,13H,9-12,14-15H2,1-6H3,(H,22,23). The van der Waals surface area contributed by atoms with Crippen LogP contribution in [-0.2, 0) is 27.9 Å². The van der Waals surface area contributed by atoms with Crippen molar-refractivity contribution in [3.05, 3.63) is 34.9 Å². The van der Waals surface area contributed by atoms with E-state index in [1.807, 2.05) is 0 Å². The first-order valence-corrected chi connectivity index (χ1v) is 9.57. The van der Waals surface area contributed by atoms with Gasteiger partial charge in [0.2, 0.25) is 5.91 Å². The maximum Gasteiger partial charge on any atom is 0.243 e. The summed E-state index contributed by atoms with van der Waals surface area (Å²) in [6.45, 7) is 9.80. The maximum atomic E-state index is 12.0. The van der Waals surface area contributed by atoms with E-state index in [4.69, 9.17) is 4.74 Å². The first-order valence-electron chi connectivity index (χ1n) is 9.57. The van der Waals surface area contributed by atoms with E-state index in [0.29, 0.717) is 13.2 Å². The van der Waals surface area contributed by atoms with E-state index in [0.717, 1.165) is 25.5 Å². The van der Waals surface area contributed by atoms with Crippen LogP contribution in [-0.4, -0.2) is 69.1 Å². The lowest BCUT2D eigenvalue weighted by atomic mass is 9.84. The molecule has 0 aliphatic carbocycles. The highest BCUT2D eigenvalue weighted by Crippen LogP contribution is 2.27. The Morgan fingerprint density at radius 2 is 2.04 bits per heavy atom. The third-order valence-electron chi connectivity index (χ3n) is 4.84. The molecule has 1 heterocycles. The Balaban J connectivity index is 2.19. The largest absolute Gasteiger partial charge is 0.383 e. The summed E-state index contributed by atoms with van der Waals surface area (Å²) < 4.78 is 5.14. The summed E-state index contributed by atoms with van der Waals surface area (Å²) in [6, 6.07) is 6.83. The molecule has 0 unspecified atom stereocenters. The van der Waals surface area contributed by atoms with Gasteiger partial charge in [-0.15, -0.1) is 0 Å². The van der Waals surface area contributed by atoms with Crippen molar-refractivity contribution in [1.29, 1.82) is 0 Å². The number of fused-ring (bicyclic) bond motifs is 1. The molecule has 0 atom stereocenters. The number of amides is 1. The average Bonchev–Trinajstić information content (AvgIpc) is 2.62. The van der Waals surface area contributed by atoms with Crippen molar-refractivity contribution in [3.8, 4) is 0 Å². The zero-order chi connectivity index (χ0) is 20.0. The number of carbonyl (C=O) groups excluding carboxylic acids is 1. The Labute approximate surface area is 163 Å². The SMILES string of the molecule is COCCNC(=NCC(=O)N(C)C)N1CCc2ccc(C(C)(C)C)cc2C1. The minimum absolute atomic E-state index is 0.00605. The summed E-state index contributed by atoms with van der Waals surface area (Å²) in [5.74, 6) is 0.766. The second kappa shape index (κ2) is 9.22. The van der Waals surface area contributed by atoms with Crippen LogP contribution in [0.1, 0.15) is 37.5 Å². The van der Waals surface area contributed by atoms with Crippen LogP contribution in [0, 0.1) is 0 Å². The van der Waals surface area contributed by atoms with Gasteiger partial charge in [-0.05, 0) is 28.5 Å². The van der Waals surface area contributed by atoms with Gasteiger partial charge in [-0.1, -0.05) is 39.0 Å². The van der Waals surface area contributed by atoms with E-state index in [-0.39, 0.29) is 17.9 Å². The molecule has 2 rings (SSSR count). The quantitative estimate of drug-likeness (QED) is 0.487. The second-order valence-corrected chi connectivity index (χ2v) is 8.25. The van der Waals surface area contributed by atoms with Crippen LogP contribution in [0.3, 0.4) is 0 Å². The van der Waals surface area contributed by atoms with Crippen LogP contribution in [0.15, 0.2) is 23.2 Å². The molecule has 150 valence electrons. The van der Waals surface area contributed by atoms with Gasteiger partial charge in [0.15, 0.2) is 5.96 Å². The molecular weight excluding hydrogens is 340 g/mol. The van der Waals surface area contributed by atoms with Gasteiger partial charge >= 0.3 is 0 Å². The molecule has 6 heteroatoms. The fourth-order valence-electron chi connectivity index (χ4n) is 3.02. The number of aliphatic imine (C=N–C) groups is 1. The molecule has 1 N–H and O–H groups in total. The van der Waals surface area contributed by atoms with Gasteiger partial charge in [0.25, 0.3) is 0 Å². The summed E-state index contributed by atoms with van der Waals surface area (Å²) in [4.78, 5) is 20.3. The predicted molar refractivity (Wildman–Crippen MR) is 110 cm³/mol. The second-order valence-electron chi connectivity index (χ2n) is 8.25. The van der Waals surface area contributed by atoms with Gasteiger partial charge in [0.1, 0.15) is 6.54 Å². The molecule has 0 saturated heterocycles. The van der Waals surface area contributed by atoms with Gasteiger partial charge in [-0.25, -0.2) is 4.99 Å². The maximum absolute atomic E-state index is 12.0. The highest BCUT2D eigenvalue weighted by Gasteiger charge is 2.22. The third kappa shape index (κ3) is 5.96. The van der Waals surface area contributed by atoms with Crippen LogP contribution in [0.25, 0.3) is 0 Å². The van der Waals surface area contributed by atoms with Crippen LogP contribution >= 0.6 is 0 Å². The highest BCUT2D eigenvalue weighted by atomic mass is 16.5. The minimum Gasteiger partial charge on any atom is -0.383 e. The van der Waals surface area contributed by atoms with Crippen LogP contribution in [0.4, 0.5) is 0 Å². The van der Waals surface area contributed by atoms with Crippen molar-refractivity contribution in [3.63, 3.8) is 0 Å². The van der Waals surface area contributed by atoms with Crippen molar-refractivity contribution in [2.45, 2.75) is 39.2 Å². The van der Waals surface area contributed by atoms with Crippen LogP contribution in [0.2, 0.25) is 0 Å². The number of likely N-dealkylation sites (N-methyl/N-ethyl adjacent to an activating group) is 1. The zero-order valence-corrected chi connectivity index (χ0v) is 17.6. The van der Waals surface area contributed by atoms with Crippen molar-refractivity contribution >= 4 is 11.9 Å². The fourth-order valence-corrected chi connectivity index (χ4v) is 3.02. The van der Waals surface area contributed by atoms with E-state index >= 15 is 0 Å². The number of rotatable bonds is 5. The minimum atomic E-state index is -0.00605. The Morgan fingerprint density at radius 1 is 1.30 bits per heavy atom. The number of benzene rings is 1. The summed E-state index contributed by atoms with van der Waals surface area (Å²) in [5, 5.41) is 3.34. The zero-order valence-electron chi connectivity index (χ0n) is 17.6. The summed E-state index contributed by atoms with van der Waals surface area (Å²) in [5.41, 5.74) is 4.22. The van der Waals surface area contributed by atoms with Crippen LogP contribution < -0.4 is 5.32 Å². The Kier molecular flexibility index (Phi) is 7.25. The first kappa shape index (κ1) is 21.2. The molecule has 6 nitrogen and oxygen atoms in total. The van der Waals surface area contributed by atoms with Gasteiger partial charge < -0.3 is 19.9 Å². The lowest BCUT2D eigenvalue weighted by molar-refractivity contribution is -0.127. The predicted octanol–water partition coefficient (Wildman–Crippen LogP) is 2.02. The van der Waals surface area contributed by atoms with Gasteiger partial charge in [-0.3, -0.25) is 4.79 Å². The number of guanidine groups is 1. The molecule has 1 aliphatic rings. The number of nitrogens with one attached hydrogen (secondary N) is 1. The number of hydrogen-bond acceptors (Lipinski definition) is 3. The molecule has 0 saturated carbocycles. The smallest absolute Gasteiger partial charge is 0.243 e. The number of ether oxygens (including phenoxy) is 1. The first-order chi connectivity index (χ1) is 12.7. The number of hydrogen-bond donors (Lipinski definition) is 1. The Morgan fingerprint density at radius 3 is 2.67 bits per heavy atom. The summed E-state index contributed by atoms with van der Waals surface area (Å²) in [6.07, 6.45) is 0.979. The molecule has 1 amide bonds. The molecule has 0 spiro atoms. The topological polar surface area (TPSA) is 57.2 Å². The Hall–Kier alpha value is -2.08. The molecular formula is C21H34N4O2. The fraction of sp³-hybridized carbons (Fsp3) is 0.619. The molecule has 1 aliphatic heterocycles. The van der Waals surface area contributed by atoms with Crippen molar-refractivity contribution < 1.29 is 9.53 Å². The molecule has 1 aromatic rings. The number of carbonyl (C=O) groups is 1. The van der Waals surface area contributed by atoms with Gasteiger partial charge in [0.05, 0.1) is 6.61 Å². The molecule has 0 fully saturated rings. The normalized spacial score (nSPS) is 14.7. The van der Waals surface area contributed by atoms with E-state index in [2.05, 4.69) is 54.2 Å². The Bertz CT molecular complexity index is 677. The molecule has 0 radical (unpaired) electrons.